The molecule has 0 radical (unpaired) electrons. The number of ether oxygens (including phenoxy) is 3. The van der Waals surface area contributed by atoms with Gasteiger partial charge < -0.3 is 28.8 Å². The first-order chi connectivity index (χ1) is 17.8. The maximum absolute atomic E-state index is 12.6. The van der Waals surface area contributed by atoms with E-state index in [-0.39, 0.29) is 25.7 Å². The highest BCUT2D eigenvalue weighted by Gasteiger charge is 2.37. The van der Waals surface area contributed by atoms with E-state index in [9.17, 15) is 9.90 Å². The molecule has 0 aliphatic carbocycles. The summed E-state index contributed by atoms with van der Waals surface area (Å²) < 4.78 is 18.8. The molecule has 1 aliphatic heterocycles. The van der Waals surface area contributed by atoms with Crippen LogP contribution in [0.3, 0.4) is 0 Å². The van der Waals surface area contributed by atoms with Crippen LogP contribution in [0.5, 0.6) is 11.5 Å². The van der Waals surface area contributed by atoms with Crippen molar-refractivity contribution in [1.29, 1.82) is 0 Å². The second-order valence-corrected chi connectivity index (χ2v) is 9.67. The minimum absolute atomic E-state index is 0.0192. The number of β-amino-alcohol motifs (C(OH)–C–C–N with tert-alkyl or cyclic N) is 1. The van der Waals surface area contributed by atoms with Gasteiger partial charge in [-0.3, -0.25) is 9.69 Å². The molecule has 1 unspecified atom stereocenters. The number of methoxy groups -OCH3 is 1. The van der Waals surface area contributed by atoms with Crippen molar-refractivity contribution in [2.45, 2.75) is 25.7 Å². The van der Waals surface area contributed by atoms with Crippen LogP contribution in [0.4, 0.5) is 0 Å². The van der Waals surface area contributed by atoms with Gasteiger partial charge in [-0.1, -0.05) is 29.8 Å². The van der Waals surface area contributed by atoms with Gasteiger partial charge in [0.05, 0.1) is 6.54 Å². The zero-order valence-corrected chi connectivity index (χ0v) is 21.8. The SMILES string of the molecule is COCC(=O)N1CCN(Cc2ccc(OCc3nccn3C)cc2)CC(O)(COc2ccc(C)cc2)C1. The number of benzene rings is 2. The van der Waals surface area contributed by atoms with Gasteiger partial charge in [0, 0.05) is 52.7 Å². The lowest BCUT2D eigenvalue weighted by atomic mass is 10.0. The van der Waals surface area contributed by atoms with Gasteiger partial charge >= 0.3 is 0 Å². The van der Waals surface area contributed by atoms with Crippen molar-refractivity contribution in [1.82, 2.24) is 19.4 Å². The molecule has 1 N–H and O–H groups in total. The van der Waals surface area contributed by atoms with Gasteiger partial charge in [0.25, 0.3) is 0 Å². The average molecular weight is 509 g/mol. The van der Waals surface area contributed by atoms with Crippen molar-refractivity contribution in [2.24, 2.45) is 7.05 Å². The van der Waals surface area contributed by atoms with Gasteiger partial charge in [-0.05, 0) is 36.8 Å². The number of carbonyl (C=O) groups excluding carboxylic acids is 1. The quantitative estimate of drug-likeness (QED) is 0.450. The van der Waals surface area contributed by atoms with E-state index >= 15 is 0 Å². The van der Waals surface area contributed by atoms with E-state index in [1.54, 1.807) is 11.1 Å². The van der Waals surface area contributed by atoms with Gasteiger partial charge in [-0.2, -0.15) is 0 Å². The molecule has 1 fully saturated rings. The number of nitrogens with zero attached hydrogens (tertiary/aromatic N) is 4. The molecule has 37 heavy (non-hydrogen) atoms. The van der Waals surface area contributed by atoms with Crippen molar-refractivity contribution >= 4 is 5.91 Å². The predicted octanol–water partition coefficient (Wildman–Crippen LogP) is 2.41. The number of hydrogen-bond acceptors (Lipinski definition) is 7. The third-order valence-electron chi connectivity index (χ3n) is 6.46. The van der Waals surface area contributed by atoms with Gasteiger partial charge in [0.2, 0.25) is 5.91 Å². The summed E-state index contributed by atoms with van der Waals surface area (Å²) in [7, 11) is 3.44. The minimum Gasteiger partial charge on any atom is -0.490 e. The molecule has 1 saturated heterocycles. The van der Waals surface area contributed by atoms with Gasteiger partial charge in [0.15, 0.2) is 0 Å². The van der Waals surface area contributed by atoms with Crippen LogP contribution in [0.1, 0.15) is 17.0 Å². The summed E-state index contributed by atoms with van der Waals surface area (Å²) >= 11 is 0. The lowest BCUT2D eigenvalue weighted by Gasteiger charge is -2.33. The molecule has 4 rings (SSSR count). The second-order valence-electron chi connectivity index (χ2n) is 9.67. The van der Waals surface area contributed by atoms with E-state index in [0.29, 0.717) is 38.5 Å². The molecule has 1 atom stereocenters. The molecule has 2 aromatic carbocycles. The summed E-state index contributed by atoms with van der Waals surface area (Å²) in [4.78, 5) is 20.7. The predicted molar refractivity (Wildman–Crippen MR) is 139 cm³/mol. The van der Waals surface area contributed by atoms with Gasteiger partial charge in [0.1, 0.15) is 42.7 Å². The van der Waals surface area contributed by atoms with E-state index in [1.807, 2.05) is 73.3 Å². The second kappa shape index (κ2) is 12.2. The van der Waals surface area contributed by atoms with E-state index in [1.165, 1.54) is 7.11 Å². The Bertz CT molecular complexity index is 1150. The first-order valence-electron chi connectivity index (χ1n) is 12.4. The number of amides is 1. The zero-order chi connectivity index (χ0) is 26.3. The van der Waals surface area contributed by atoms with Crippen LogP contribution in [0.15, 0.2) is 60.9 Å². The summed E-state index contributed by atoms with van der Waals surface area (Å²) in [5.41, 5.74) is 0.981. The summed E-state index contributed by atoms with van der Waals surface area (Å²) in [5, 5.41) is 11.6. The number of rotatable bonds is 10. The van der Waals surface area contributed by atoms with Crippen LogP contribution >= 0.6 is 0 Å². The van der Waals surface area contributed by atoms with E-state index in [2.05, 4.69) is 9.88 Å². The normalized spacial score (nSPS) is 18.4. The fourth-order valence-corrected chi connectivity index (χ4v) is 4.38. The Balaban J connectivity index is 1.41. The topological polar surface area (TPSA) is 89.3 Å². The highest BCUT2D eigenvalue weighted by Crippen LogP contribution is 2.21. The van der Waals surface area contributed by atoms with E-state index in [4.69, 9.17) is 14.2 Å². The van der Waals surface area contributed by atoms with Crippen LogP contribution in [0.25, 0.3) is 0 Å². The molecule has 9 nitrogen and oxygen atoms in total. The first-order valence-corrected chi connectivity index (χ1v) is 12.4. The number of aromatic nitrogens is 2. The Morgan fingerprint density at radius 1 is 1.03 bits per heavy atom. The largest absolute Gasteiger partial charge is 0.490 e. The molecule has 0 saturated carbocycles. The van der Waals surface area contributed by atoms with Crippen molar-refractivity contribution in [3.63, 3.8) is 0 Å². The highest BCUT2D eigenvalue weighted by atomic mass is 16.5. The highest BCUT2D eigenvalue weighted by molar-refractivity contribution is 5.77. The fourth-order valence-electron chi connectivity index (χ4n) is 4.38. The number of hydrogen-bond donors (Lipinski definition) is 1. The molecule has 9 heteroatoms. The molecule has 1 aliphatic rings. The van der Waals surface area contributed by atoms with Crippen molar-refractivity contribution in [2.75, 3.05) is 46.5 Å². The number of aliphatic hydroxyl groups is 1. The van der Waals surface area contributed by atoms with Crippen LogP contribution in [-0.2, 0) is 29.7 Å². The zero-order valence-electron chi connectivity index (χ0n) is 21.8. The molecular weight excluding hydrogens is 472 g/mol. The molecule has 0 bridgehead atoms. The standard InChI is InChI=1S/C28H36N4O5/c1-22-4-8-25(9-5-22)37-21-28(34)19-31(14-15-32(20-28)27(33)18-35-3)16-23-6-10-24(11-7-23)36-17-26-29-12-13-30(26)2/h4-13,34H,14-21H2,1-3H3. The average Bonchev–Trinajstić information content (AvgIpc) is 3.22. The monoisotopic (exact) mass is 508 g/mol. The Morgan fingerprint density at radius 2 is 1.73 bits per heavy atom. The van der Waals surface area contributed by atoms with Crippen molar-refractivity contribution in [3.05, 3.63) is 77.9 Å². The summed E-state index contributed by atoms with van der Waals surface area (Å²) in [6, 6.07) is 15.6. The van der Waals surface area contributed by atoms with Crippen LogP contribution < -0.4 is 9.47 Å². The number of aryl methyl sites for hydroxylation is 2. The number of imidazole rings is 1. The first kappa shape index (κ1) is 26.7. The van der Waals surface area contributed by atoms with Crippen LogP contribution in [0.2, 0.25) is 0 Å². The maximum Gasteiger partial charge on any atom is 0.248 e. The molecule has 3 aromatic rings. The Morgan fingerprint density at radius 3 is 2.41 bits per heavy atom. The summed E-state index contributed by atoms with van der Waals surface area (Å²) in [6.45, 7) is 4.76. The molecule has 2 heterocycles. The smallest absolute Gasteiger partial charge is 0.248 e. The third kappa shape index (κ3) is 7.55. The molecule has 1 aromatic heterocycles. The molecule has 0 spiro atoms. The molecular formula is C28H36N4O5. The maximum atomic E-state index is 12.6. The van der Waals surface area contributed by atoms with Gasteiger partial charge in [-0.15, -0.1) is 0 Å². The Kier molecular flexibility index (Phi) is 8.81. The summed E-state index contributed by atoms with van der Waals surface area (Å²) in [5.74, 6) is 2.16. The van der Waals surface area contributed by atoms with Crippen LogP contribution in [-0.4, -0.2) is 82.5 Å². The van der Waals surface area contributed by atoms with Gasteiger partial charge in [-0.25, -0.2) is 4.98 Å². The number of carbonyl (C=O) groups is 1. The fraction of sp³-hybridized carbons (Fsp3) is 0.429. The van der Waals surface area contributed by atoms with E-state index in [0.717, 1.165) is 22.7 Å². The lowest BCUT2D eigenvalue weighted by molar-refractivity contribution is -0.138. The summed E-state index contributed by atoms with van der Waals surface area (Å²) in [6.07, 6.45) is 3.64. The van der Waals surface area contributed by atoms with Crippen LogP contribution in [0, 0.1) is 6.92 Å². The van der Waals surface area contributed by atoms with Crippen molar-refractivity contribution < 1.29 is 24.1 Å². The van der Waals surface area contributed by atoms with E-state index < -0.39 is 5.60 Å². The lowest BCUT2D eigenvalue weighted by Crippen LogP contribution is -2.52. The minimum atomic E-state index is -1.24. The Hall–Kier alpha value is -3.40. The molecule has 198 valence electrons. The third-order valence-corrected chi connectivity index (χ3v) is 6.46. The van der Waals surface area contributed by atoms with Crippen molar-refractivity contribution in [3.8, 4) is 11.5 Å². The molecule has 1 amide bonds. The Labute approximate surface area is 218 Å².